The van der Waals surface area contributed by atoms with Crippen LogP contribution in [0, 0.1) is 0 Å². The van der Waals surface area contributed by atoms with E-state index in [9.17, 15) is 9.90 Å². The second-order valence-electron chi connectivity index (χ2n) is 6.61. The van der Waals surface area contributed by atoms with E-state index in [1.54, 1.807) is 44.6 Å². The molecule has 3 aromatic rings. The van der Waals surface area contributed by atoms with Crippen molar-refractivity contribution in [2.45, 2.75) is 6.61 Å². The van der Waals surface area contributed by atoms with Crippen molar-refractivity contribution in [1.29, 1.82) is 0 Å². The Morgan fingerprint density at radius 2 is 1.58 bits per heavy atom. The summed E-state index contributed by atoms with van der Waals surface area (Å²) in [6.45, 7) is 0.329. The molecule has 0 atom stereocenters. The minimum Gasteiger partial charge on any atom is -0.507 e. The summed E-state index contributed by atoms with van der Waals surface area (Å²) in [4.78, 5) is 12.8. The number of aromatic hydroxyl groups is 1. The molecule has 0 amide bonds. The zero-order valence-electron chi connectivity index (χ0n) is 17.6. The summed E-state index contributed by atoms with van der Waals surface area (Å²) in [7, 11) is 4.53. The van der Waals surface area contributed by atoms with Crippen LogP contribution < -0.4 is 18.9 Å². The minimum atomic E-state index is -0.404. The van der Waals surface area contributed by atoms with Gasteiger partial charge in [0.05, 0.1) is 21.3 Å². The molecule has 0 radical (unpaired) electrons. The van der Waals surface area contributed by atoms with Crippen molar-refractivity contribution >= 4 is 11.9 Å². The van der Waals surface area contributed by atoms with Gasteiger partial charge in [-0.15, -0.1) is 0 Å². The number of phenolic OH excluding ortho intramolecular Hbond substituents is 1. The normalized spacial score (nSPS) is 10.7. The molecule has 160 valence electrons. The molecule has 0 saturated carbocycles. The minimum absolute atomic E-state index is 0.0614. The molecule has 31 heavy (non-hydrogen) atoms. The van der Waals surface area contributed by atoms with Gasteiger partial charge >= 0.3 is 0 Å². The van der Waals surface area contributed by atoms with Gasteiger partial charge < -0.3 is 24.1 Å². The molecule has 3 rings (SSSR count). The monoisotopic (exact) mass is 420 g/mol. The van der Waals surface area contributed by atoms with Gasteiger partial charge in [0.15, 0.2) is 17.3 Å². The molecule has 0 heterocycles. The van der Waals surface area contributed by atoms with Crippen LogP contribution in [-0.4, -0.2) is 32.2 Å². The third-order valence-corrected chi connectivity index (χ3v) is 4.60. The van der Waals surface area contributed by atoms with Gasteiger partial charge in [0.2, 0.25) is 0 Å². The summed E-state index contributed by atoms with van der Waals surface area (Å²) < 4.78 is 21.5. The number of ether oxygens (including phenoxy) is 4. The quantitative estimate of drug-likeness (QED) is 0.392. The van der Waals surface area contributed by atoms with E-state index >= 15 is 0 Å². The third-order valence-electron chi connectivity index (χ3n) is 4.60. The highest BCUT2D eigenvalue weighted by Crippen LogP contribution is 2.34. The molecule has 0 aromatic heterocycles. The number of carbonyl (C=O) groups is 1. The lowest BCUT2D eigenvalue weighted by molar-refractivity contribution is 0.104. The lowest BCUT2D eigenvalue weighted by Gasteiger charge is -2.12. The summed E-state index contributed by atoms with van der Waals surface area (Å²) in [5.41, 5.74) is 1.79. The Morgan fingerprint density at radius 1 is 0.871 bits per heavy atom. The second-order valence-corrected chi connectivity index (χ2v) is 6.61. The third kappa shape index (κ3) is 5.36. The van der Waals surface area contributed by atoms with E-state index in [-0.39, 0.29) is 17.1 Å². The second kappa shape index (κ2) is 10.2. The number of allylic oxidation sites excluding steroid dienone is 1. The number of carbonyl (C=O) groups excluding carboxylic acids is 1. The van der Waals surface area contributed by atoms with Crippen molar-refractivity contribution in [2.75, 3.05) is 21.3 Å². The molecular weight excluding hydrogens is 396 g/mol. The van der Waals surface area contributed by atoms with Crippen molar-refractivity contribution in [3.05, 3.63) is 83.4 Å². The van der Waals surface area contributed by atoms with E-state index in [0.29, 0.717) is 23.9 Å². The van der Waals surface area contributed by atoms with Crippen molar-refractivity contribution < 1.29 is 28.8 Å². The van der Waals surface area contributed by atoms with E-state index < -0.39 is 5.78 Å². The highest BCUT2D eigenvalue weighted by Gasteiger charge is 2.18. The Bertz CT molecular complexity index is 1070. The van der Waals surface area contributed by atoms with Gasteiger partial charge in [-0.05, 0) is 29.3 Å². The molecule has 0 unspecified atom stereocenters. The number of hydrogen-bond acceptors (Lipinski definition) is 6. The largest absolute Gasteiger partial charge is 0.507 e. The van der Waals surface area contributed by atoms with Crippen molar-refractivity contribution in [2.24, 2.45) is 0 Å². The maximum absolute atomic E-state index is 12.8. The maximum atomic E-state index is 12.8. The first-order chi connectivity index (χ1) is 15.0. The average Bonchev–Trinajstić information content (AvgIpc) is 2.81. The summed E-state index contributed by atoms with van der Waals surface area (Å²) in [5.74, 6) is 1.15. The molecule has 0 spiro atoms. The van der Waals surface area contributed by atoms with Crippen LogP contribution >= 0.6 is 0 Å². The summed E-state index contributed by atoms with van der Waals surface area (Å²) in [6, 6.07) is 17.9. The Labute approximate surface area is 181 Å². The van der Waals surface area contributed by atoms with E-state index in [1.807, 2.05) is 30.3 Å². The molecule has 1 N–H and O–H groups in total. The zero-order chi connectivity index (χ0) is 22.2. The van der Waals surface area contributed by atoms with Gasteiger partial charge in [-0.25, -0.2) is 0 Å². The fraction of sp³-hybridized carbons (Fsp3) is 0.160. The van der Waals surface area contributed by atoms with Gasteiger partial charge in [-0.1, -0.05) is 42.5 Å². The Hall–Kier alpha value is -3.93. The summed E-state index contributed by atoms with van der Waals surface area (Å²) in [5, 5.41) is 10.5. The summed E-state index contributed by atoms with van der Waals surface area (Å²) in [6.07, 6.45) is 2.99. The predicted octanol–water partition coefficient (Wildman–Crippen LogP) is 4.89. The summed E-state index contributed by atoms with van der Waals surface area (Å²) >= 11 is 0. The molecule has 3 aromatic carbocycles. The molecule has 0 aliphatic heterocycles. The molecule has 0 aliphatic rings. The molecular formula is C25H24O6. The highest BCUT2D eigenvalue weighted by atomic mass is 16.5. The van der Waals surface area contributed by atoms with Crippen LogP contribution in [0.1, 0.15) is 21.5 Å². The lowest BCUT2D eigenvalue weighted by Crippen LogP contribution is -2.02. The van der Waals surface area contributed by atoms with Gasteiger partial charge in [-0.2, -0.15) is 0 Å². The fourth-order valence-electron chi connectivity index (χ4n) is 3.02. The van der Waals surface area contributed by atoms with Crippen LogP contribution in [0.15, 0.2) is 66.7 Å². The first-order valence-corrected chi connectivity index (χ1v) is 9.58. The van der Waals surface area contributed by atoms with Gasteiger partial charge in [0, 0.05) is 12.1 Å². The number of rotatable bonds is 9. The SMILES string of the molecule is COc1ccc(/C=C/C(=O)c2c(O)cc(OCc3ccccc3)cc2OC)cc1OC. The smallest absolute Gasteiger partial charge is 0.193 e. The van der Waals surface area contributed by atoms with Crippen LogP contribution in [0.4, 0.5) is 0 Å². The van der Waals surface area contributed by atoms with E-state index in [0.717, 1.165) is 11.1 Å². The molecule has 0 saturated heterocycles. The fourth-order valence-corrected chi connectivity index (χ4v) is 3.02. The van der Waals surface area contributed by atoms with E-state index in [1.165, 1.54) is 19.3 Å². The standard InChI is InChI=1S/C25H24O6/c1-28-22-12-10-17(13-23(22)29-2)9-11-20(26)25-21(27)14-19(15-24(25)30-3)31-16-18-7-5-4-6-8-18/h4-15,27H,16H2,1-3H3/b11-9+. The number of methoxy groups -OCH3 is 3. The first kappa shape index (κ1) is 21.8. The number of ketones is 1. The number of hydrogen-bond donors (Lipinski definition) is 1. The number of benzene rings is 3. The Balaban J connectivity index is 1.79. The van der Waals surface area contributed by atoms with Crippen LogP contribution in [0.25, 0.3) is 6.08 Å². The topological polar surface area (TPSA) is 74.2 Å². The van der Waals surface area contributed by atoms with Crippen molar-refractivity contribution in [3.8, 4) is 28.7 Å². The van der Waals surface area contributed by atoms with E-state index in [4.69, 9.17) is 18.9 Å². The van der Waals surface area contributed by atoms with Crippen LogP contribution in [0.3, 0.4) is 0 Å². The Morgan fingerprint density at radius 3 is 2.26 bits per heavy atom. The molecule has 0 fully saturated rings. The van der Waals surface area contributed by atoms with Gasteiger partial charge in [-0.3, -0.25) is 4.79 Å². The van der Waals surface area contributed by atoms with E-state index in [2.05, 4.69) is 0 Å². The maximum Gasteiger partial charge on any atom is 0.193 e. The van der Waals surface area contributed by atoms with Crippen molar-refractivity contribution in [1.82, 2.24) is 0 Å². The van der Waals surface area contributed by atoms with Crippen LogP contribution in [0.2, 0.25) is 0 Å². The van der Waals surface area contributed by atoms with Gasteiger partial charge in [0.25, 0.3) is 0 Å². The van der Waals surface area contributed by atoms with Crippen LogP contribution in [0.5, 0.6) is 28.7 Å². The predicted molar refractivity (Wildman–Crippen MR) is 118 cm³/mol. The first-order valence-electron chi connectivity index (χ1n) is 9.58. The number of phenols is 1. The molecule has 0 aliphatic carbocycles. The van der Waals surface area contributed by atoms with Gasteiger partial charge in [0.1, 0.15) is 29.4 Å². The van der Waals surface area contributed by atoms with Crippen molar-refractivity contribution in [3.63, 3.8) is 0 Å². The Kier molecular flexibility index (Phi) is 7.17. The lowest BCUT2D eigenvalue weighted by atomic mass is 10.1. The van der Waals surface area contributed by atoms with Crippen LogP contribution in [-0.2, 0) is 6.61 Å². The zero-order valence-corrected chi connectivity index (χ0v) is 17.6. The average molecular weight is 420 g/mol. The highest BCUT2D eigenvalue weighted by molar-refractivity contribution is 6.10. The molecule has 0 bridgehead atoms. The molecule has 6 heteroatoms. The molecule has 6 nitrogen and oxygen atoms in total.